The largest absolute Gasteiger partial charge is 0.441 e. The van der Waals surface area contributed by atoms with E-state index in [0.717, 1.165) is 11.3 Å². The lowest BCUT2D eigenvalue weighted by Crippen LogP contribution is -2.12. The molecule has 0 atom stereocenters. The summed E-state index contributed by atoms with van der Waals surface area (Å²) in [7, 11) is 0. The highest BCUT2D eigenvalue weighted by molar-refractivity contribution is 7.14. The van der Waals surface area contributed by atoms with Gasteiger partial charge in [-0.3, -0.25) is 4.79 Å². The van der Waals surface area contributed by atoms with Gasteiger partial charge in [-0.1, -0.05) is 24.3 Å². The number of halogens is 3. The maximum absolute atomic E-state index is 13.9. The lowest BCUT2D eigenvalue weighted by molar-refractivity contribution is -0.116. The number of amides is 1. The van der Waals surface area contributed by atoms with Crippen molar-refractivity contribution in [3.63, 3.8) is 0 Å². The topological polar surface area (TPSA) is 77.3 Å². The molecule has 0 bridgehead atoms. The average Bonchev–Trinajstić information content (AvgIpc) is 3.42. The number of nitrogens with one attached hydrogen (secondary N) is 1. The van der Waals surface area contributed by atoms with Crippen LogP contribution in [0.5, 0.6) is 5.75 Å². The van der Waals surface area contributed by atoms with E-state index in [-0.39, 0.29) is 30.3 Å². The van der Waals surface area contributed by atoms with E-state index in [1.54, 1.807) is 41.8 Å². The number of ether oxygens (including phenoxy) is 1. The molecule has 6 nitrogen and oxygen atoms in total. The van der Waals surface area contributed by atoms with Crippen LogP contribution < -0.4 is 10.1 Å². The number of carbonyl (C=O) groups is 1. The van der Waals surface area contributed by atoms with Gasteiger partial charge in [-0.05, 0) is 24.3 Å². The van der Waals surface area contributed by atoms with Crippen molar-refractivity contribution >= 4 is 22.4 Å². The predicted molar refractivity (Wildman–Crippen MR) is 113 cm³/mol. The maximum Gasteiger partial charge on any atom is 0.387 e. The molecule has 2 aromatic carbocycles. The number of aromatic nitrogens is 2. The molecule has 0 aliphatic heterocycles. The van der Waals surface area contributed by atoms with Gasteiger partial charge in [-0.2, -0.15) is 8.78 Å². The van der Waals surface area contributed by atoms with Crippen LogP contribution >= 0.6 is 11.3 Å². The second kappa shape index (κ2) is 9.65. The van der Waals surface area contributed by atoms with E-state index in [0.29, 0.717) is 27.8 Å². The summed E-state index contributed by atoms with van der Waals surface area (Å²) < 4.78 is 49.1. The smallest absolute Gasteiger partial charge is 0.387 e. The van der Waals surface area contributed by atoms with Crippen molar-refractivity contribution in [3.8, 4) is 28.3 Å². The summed E-state index contributed by atoms with van der Waals surface area (Å²) >= 11 is 1.16. The molecule has 0 radical (unpaired) electrons. The Balaban J connectivity index is 1.36. The number of benzene rings is 2. The van der Waals surface area contributed by atoms with Gasteiger partial charge >= 0.3 is 6.61 Å². The molecule has 1 N–H and O–H groups in total. The van der Waals surface area contributed by atoms with E-state index in [1.165, 1.54) is 18.3 Å². The first kappa shape index (κ1) is 21.6. The van der Waals surface area contributed by atoms with Crippen LogP contribution in [-0.2, 0) is 11.2 Å². The van der Waals surface area contributed by atoms with Crippen molar-refractivity contribution in [2.45, 2.75) is 19.5 Å². The fourth-order valence-electron chi connectivity index (χ4n) is 2.95. The van der Waals surface area contributed by atoms with Gasteiger partial charge in [0.15, 0.2) is 16.8 Å². The van der Waals surface area contributed by atoms with E-state index < -0.39 is 12.4 Å². The molecule has 32 heavy (non-hydrogen) atoms. The van der Waals surface area contributed by atoms with Crippen LogP contribution in [0.2, 0.25) is 0 Å². The van der Waals surface area contributed by atoms with Crippen LogP contribution in [0.25, 0.3) is 22.6 Å². The molecular formula is C22H16F3N3O3S. The fraction of sp³-hybridized carbons (Fsp3) is 0.136. The van der Waals surface area contributed by atoms with Gasteiger partial charge in [0.2, 0.25) is 5.91 Å². The lowest BCUT2D eigenvalue weighted by atomic mass is 10.1. The number of rotatable bonds is 8. The molecule has 0 saturated heterocycles. The van der Waals surface area contributed by atoms with Crippen LogP contribution in [-0.4, -0.2) is 22.5 Å². The third-order valence-electron chi connectivity index (χ3n) is 4.39. The first-order chi connectivity index (χ1) is 15.5. The normalized spacial score (nSPS) is 11.0. The van der Waals surface area contributed by atoms with Crippen LogP contribution in [0, 0.1) is 5.82 Å². The number of nitrogens with zero attached hydrogens (tertiary/aromatic N) is 2. The van der Waals surface area contributed by atoms with Gasteiger partial charge < -0.3 is 14.5 Å². The SMILES string of the molecule is O=C(CCc1ncc(-c2ccccc2F)o1)Nc1nc(-c2ccccc2OC(F)F)cs1. The Morgan fingerprint density at radius 2 is 1.88 bits per heavy atom. The minimum absolute atomic E-state index is 0.000210. The van der Waals surface area contributed by atoms with Crippen LogP contribution in [0.3, 0.4) is 0 Å². The Hall–Kier alpha value is -3.66. The van der Waals surface area contributed by atoms with Gasteiger partial charge in [0.05, 0.1) is 17.5 Å². The summed E-state index contributed by atoms with van der Waals surface area (Å²) in [5.41, 5.74) is 1.09. The van der Waals surface area contributed by atoms with Gasteiger partial charge in [-0.15, -0.1) is 11.3 Å². The summed E-state index contributed by atoms with van der Waals surface area (Å²) in [5, 5.41) is 4.61. The number of alkyl halides is 2. The van der Waals surface area contributed by atoms with Crippen molar-refractivity contribution < 1.29 is 27.1 Å². The minimum Gasteiger partial charge on any atom is -0.441 e. The number of para-hydroxylation sites is 1. The third kappa shape index (κ3) is 5.14. The van der Waals surface area contributed by atoms with E-state index in [2.05, 4.69) is 20.0 Å². The Morgan fingerprint density at radius 1 is 1.12 bits per heavy atom. The number of anilines is 1. The average molecular weight is 459 g/mol. The lowest BCUT2D eigenvalue weighted by Gasteiger charge is -2.08. The fourth-order valence-corrected chi connectivity index (χ4v) is 3.67. The van der Waals surface area contributed by atoms with Crippen molar-refractivity contribution in [1.29, 1.82) is 0 Å². The van der Waals surface area contributed by atoms with Crippen LogP contribution in [0.4, 0.5) is 18.3 Å². The second-order valence-electron chi connectivity index (χ2n) is 6.56. The summed E-state index contributed by atoms with van der Waals surface area (Å²) in [6.45, 7) is -2.96. The maximum atomic E-state index is 13.9. The highest BCUT2D eigenvalue weighted by Gasteiger charge is 2.15. The molecule has 0 aliphatic carbocycles. The van der Waals surface area contributed by atoms with E-state index in [9.17, 15) is 18.0 Å². The van der Waals surface area contributed by atoms with Crippen molar-refractivity contribution in [1.82, 2.24) is 9.97 Å². The molecule has 2 aromatic heterocycles. The summed E-state index contributed by atoms with van der Waals surface area (Å²) in [6.07, 6.45) is 1.69. The van der Waals surface area contributed by atoms with Crippen molar-refractivity contribution in [3.05, 3.63) is 71.8 Å². The van der Waals surface area contributed by atoms with Gasteiger partial charge in [0.1, 0.15) is 11.6 Å². The second-order valence-corrected chi connectivity index (χ2v) is 7.42. The standard InChI is InChI=1S/C22H16F3N3O3S/c23-15-7-3-1-5-13(15)18-11-26-20(30-18)10-9-19(29)28-22-27-16(12-32-22)14-6-2-4-8-17(14)31-21(24)25/h1-8,11-12,21H,9-10H2,(H,27,28,29). The van der Waals surface area contributed by atoms with E-state index >= 15 is 0 Å². The summed E-state index contributed by atoms with van der Waals surface area (Å²) in [4.78, 5) is 20.6. The minimum atomic E-state index is -2.96. The van der Waals surface area contributed by atoms with Crippen molar-refractivity contribution in [2.75, 3.05) is 5.32 Å². The highest BCUT2D eigenvalue weighted by Crippen LogP contribution is 2.33. The molecule has 164 valence electrons. The molecule has 0 aliphatic rings. The molecule has 10 heteroatoms. The Labute approximate surface area is 184 Å². The molecule has 4 rings (SSSR count). The third-order valence-corrected chi connectivity index (χ3v) is 5.15. The van der Waals surface area contributed by atoms with E-state index in [4.69, 9.17) is 4.42 Å². The zero-order valence-corrected chi connectivity index (χ0v) is 17.2. The number of thiazole rings is 1. The molecule has 4 aromatic rings. The summed E-state index contributed by atoms with van der Waals surface area (Å²) in [6, 6.07) is 12.5. The van der Waals surface area contributed by atoms with Crippen LogP contribution in [0.15, 0.2) is 64.5 Å². The molecule has 0 unspecified atom stereocenters. The molecule has 2 heterocycles. The zero-order valence-electron chi connectivity index (χ0n) is 16.4. The van der Waals surface area contributed by atoms with Gasteiger partial charge in [-0.25, -0.2) is 14.4 Å². The molecular weight excluding hydrogens is 443 g/mol. The number of hydrogen-bond acceptors (Lipinski definition) is 6. The Morgan fingerprint density at radius 3 is 2.66 bits per heavy atom. The quantitative estimate of drug-likeness (QED) is 0.362. The zero-order chi connectivity index (χ0) is 22.5. The first-order valence-corrected chi connectivity index (χ1v) is 10.4. The Bertz CT molecular complexity index is 1230. The summed E-state index contributed by atoms with van der Waals surface area (Å²) in [5.74, 6) is -0.161. The monoisotopic (exact) mass is 459 g/mol. The number of aryl methyl sites for hydroxylation is 1. The number of hydrogen-bond donors (Lipinski definition) is 1. The number of oxazole rings is 1. The van der Waals surface area contributed by atoms with Crippen LogP contribution in [0.1, 0.15) is 12.3 Å². The molecule has 0 spiro atoms. The van der Waals surface area contributed by atoms with Gasteiger partial charge in [0.25, 0.3) is 0 Å². The highest BCUT2D eigenvalue weighted by atomic mass is 32.1. The van der Waals surface area contributed by atoms with Gasteiger partial charge in [0, 0.05) is 23.8 Å². The molecule has 0 fully saturated rings. The van der Waals surface area contributed by atoms with Crippen molar-refractivity contribution in [2.24, 2.45) is 0 Å². The molecule has 1 amide bonds. The van der Waals surface area contributed by atoms with E-state index in [1.807, 2.05) is 0 Å². The predicted octanol–water partition coefficient (Wildman–Crippen LogP) is 5.78. The Kier molecular flexibility index (Phi) is 6.50. The number of carbonyl (C=O) groups excluding carboxylic acids is 1. The molecule has 0 saturated carbocycles. The first-order valence-electron chi connectivity index (χ1n) is 9.49.